The summed E-state index contributed by atoms with van der Waals surface area (Å²) in [6.07, 6.45) is 40.7. The van der Waals surface area contributed by atoms with Crippen LogP contribution in [-0.4, -0.2) is 61.5 Å². The number of phosphoric acid groups is 1. The molecule has 1 heterocycles. The van der Waals surface area contributed by atoms with Gasteiger partial charge in [-0.2, -0.15) is 0 Å². The minimum Gasteiger partial charge on any atom is -0.462 e. The van der Waals surface area contributed by atoms with Crippen molar-refractivity contribution in [2.45, 2.75) is 199 Å². The van der Waals surface area contributed by atoms with Crippen molar-refractivity contribution in [2.24, 2.45) is 5.73 Å². The number of carbonyl (C=O) groups is 2. The van der Waals surface area contributed by atoms with Gasteiger partial charge in [-0.05, 0) is 44.9 Å². The van der Waals surface area contributed by atoms with Gasteiger partial charge in [-0.25, -0.2) is 4.57 Å². The Labute approximate surface area is 329 Å². The standard InChI is InChI=1S/C43H78NO9P/c1-3-5-7-8-9-10-11-12-13-14-15-20-23-26-30-34-43(46)52-39(38-51-54(47,48)50-36-35-44)37-49-42(45)33-29-25-22-19-17-16-18-21-24-28-32-41-40(53-41)31-27-6-4-2/h16,18-19,22,24,28,39-41H,3-15,17,20-21,23,25-27,29-38,44H2,1-2H3,(H,47,48)/b18-16-,22-19-,28-24-/t39-,40?,41?/m1/s1. The van der Waals surface area contributed by atoms with E-state index >= 15 is 0 Å². The summed E-state index contributed by atoms with van der Waals surface area (Å²) in [5.41, 5.74) is 5.34. The van der Waals surface area contributed by atoms with Gasteiger partial charge in [0, 0.05) is 19.4 Å². The summed E-state index contributed by atoms with van der Waals surface area (Å²) in [6, 6.07) is 0. The zero-order valence-electron chi connectivity index (χ0n) is 34.1. The van der Waals surface area contributed by atoms with Crippen LogP contribution in [0.2, 0.25) is 0 Å². The quantitative estimate of drug-likeness (QED) is 0.0203. The van der Waals surface area contributed by atoms with Crippen LogP contribution < -0.4 is 5.73 Å². The molecule has 0 aromatic carbocycles. The lowest BCUT2D eigenvalue weighted by Gasteiger charge is -2.19. The third-order valence-electron chi connectivity index (χ3n) is 9.45. The minimum atomic E-state index is -4.39. The number of nitrogens with two attached hydrogens (primary N) is 1. The fourth-order valence-corrected chi connectivity index (χ4v) is 6.90. The van der Waals surface area contributed by atoms with Crippen LogP contribution in [0.4, 0.5) is 0 Å². The summed E-state index contributed by atoms with van der Waals surface area (Å²) >= 11 is 0. The van der Waals surface area contributed by atoms with Gasteiger partial charge in [0.05, 0.1) is 25.4 Å². The molecule has 0 aliphatic carbocycles. The van der Waals surface area contributed by atoms with E-state index in [4.69, 9.17) is 29.0 Å². The maximum atomic E-state index is 12.6. The molecular formula is C43H78NO9P. The van der Waals surface area contributed by atoms with Crippen molar-refractivity contribution in [3.63, 3.8) is 0 Å². The van der Waals surface area contributed by atoms with Crippen LogP contribution >= 0.6 is 7.82 Å². The van der Waals surface area contributed by atoms with E-state index < -0.39 is 32.5 Å². The summed E-state index contributed by atoms with van der Waals surface area (Å²) in [5.74, 6) is -0.895. The number of rotatable bonds is 39. The Morgan fingerprint density at radius 1 is 0.667 bits per heavy atom. The molecule has 1 aliphatic heterocycles. The summed E-state index contributed by atoms with van der Waals surface area (Å²) < 4.78 is 38.4. The van der Waals surface area contributed by atoms with E-state index in [0.717, 1.165) is 44.9 Å². The molecule has 0 radical (unpaired) electrons. The van der Waals surface area contributed by atoms with Crippen molar-refractivity contribution in [1.82, 2.24) is 0 Å². The fraction of sp³-hybridized carbons (Fsp3) is 0.814. The lowest BCUT2D eigenvalue weighted by Crippen LogP contribution is -2.29. The van der Waals surface area contributed by atoms with E-state index in [9.17, 15) is 19.0 Å². The molecule has 11 heteroatoms. The van der Waals surface area contributed by atoms with Crippen molar-refractivity contribution in [1.29, 1.82) is 0 Å². The molecule has 0 bridgehead atoms. The van der Waals surface area contributed by atoms with E-state index in [1.54, 1.807) is 0 Å². The lowest BCUT2D eigenvalue weighted by atomic mass is 10.0. The van der Waals surface area contributed by atoms with Gasteiger partial charge in [0.25, 0.3) is 0 Å². The molecule has 10 nitrogen and oxygen atoms in total. The highest BCUT2D eigenvalue weighted by atomic mass is 31.2. The number of ether oxygens (including phenoxy) is 3. The first-order chi connectivity index (χ1) is 26.3. The predicted molar refractivity (Wildman–Crippen MR) is 219 cm³/mol. The lowest BCUT2D eigenvalue weighted by molar-refractivity contribution is -0.161. The average Bonchev–Trinajstić information content (AvgIpc) is 3.91. The number of hydrogen-bond donors (Lipinski definition) is 2. The molecule has 0 amide bonds. The van der Waals surface area contributed by atoms with Gasteiger partial charge in [0.1, 0.15) is 6.61 Å². The van der Waals surface area contributed by atoms with E-state index in [0.29, 0.717) is 25.0 Å². The van der Waals surface area contributed by atoms with Crippen molar-refractivity contribution < 1.29 is 42.3 Å². The molecule has 1 saturated heterocycles. The Balaban J connectivity index is 2.21. The van der Waals surface area contributed by atoms with Gasteiger partial charge in [-0.1, -0.05) is 159 Å². The van der Waals surface area contributed by atoms with Gasteiger partial charge < -0.3 is 24.8 Å². The number of allylic oxidation sites excluding steroid dienone is 5. The van der Waals surface area contributed by atoms with Crippen LogP contribution in [0.3, 0.4) is 0 Å². The zero-order valence-corrected chi connectivity index (χ0v) is 35.0. The molecule has 0 aromatic heterocycles. The number of carbonyl (C=O) groups excluding carboxylic acids is 2. The van der Waals surface area contributed by atoms with Crippen LogP contribution in [0.5, 0.6) is 0 Å². The zero-order chi connectivity index (χ0) is 39.4. The van der Waals surface area contributed by atoms with Gasteiger partial charge >= 0.3 is 19.8 Å². The number of epoxide rings is 1. The highest BCUT2D eigenvalue weighted by molar-refractivity contribution is 7.47. The second kappa shape index (κ2) is 35.6. The molecule has 0 saturated carbocycles. The third kappa shape index (κ3) is 32.4. The number of esters is 2. The molecule has 4 atom stereocenters. The summed E-state index contributed by atoms with van der Waals surface area (Å²) in [6.45, 7) is 3.64. The largest absolute Gasteiger partial charge is 0.472 e. The van der Waals surface area contributed by atoms with Crippen LogP contribution in [-0.2, 0) is 37.4 Å². The Bertz CT molecular complexity index is 1050. The second-order valence-electron chi connectivity index (χ2n) is 14.6. The normalized spacial score (nSPS) is 17.4. The Morgan fingerprint density at radius 3 is 1.81 bits per heavy atom. The molecule has 3 N–H and O–H groups in total. The Hall–Kier alpha value is -1.81. The third-order valence-corrected chi connectivity index (χ3v) is 10.4. The molecule has 0 aromatic rings. The van der Waals surface area contributed by atoms with Crippen LogP contribution in [0.15, 0.2) is 36.5 Å². The van der Waals surface area contributed by atoms with Gasteiger partial charge in [0.2, 0.25) is 0 Å². The first-order valence-corrected chi connectivity index (χ1v) is 23.1. The minimum absolute atomic E-state index is 0.0448. The topological polar surface area (TPSA) is 147 Å². The maximum Gasteiger partial charge on any atom is 0.472 e. The predicted octanol–water partition coefficient (Wildman–Crippen LogP) is 11.2. The molecule has 314 valence electrons. The van der Waals surface area contributed by atoms with E-state index in [2.05, 4.69) is 44.2 Å². The Kier molecular flexibility index (Phi) is 33.1. The molecular weight excluding hydrogens is 705 g/mol. The van der Waals surface area contributed by atoms with Gasteiger partial charge in [0.15, 0.2) is 6.10 Å². The average molecular weight is 784 g/mol. The van der Waals surface area contributed by atoms with Crippen molar-refractivity contribution in [3.8, 4) is 0 Å². The second-order valence-corrected chi connectivity index (χ2v) is 16.1. The van der Waals surface area contributed by atoms with Crippen LogP contribution in [0, 0.1) is 0 Å². The summed E-state index contributed by atoms with van der Waals surface area (Å²) in [7, 11) is -4.39. The molecule has 1 rings (SSSR count). The van der Waals surface area contributed by atoms with Crippen molar-refractivity contribution in [2.75, 3.05) is 26.4 Å². The van der Waals surface area contributed by atoms with Crippen molar-refractivity contribution >= 4 is 19.8 Å². The highest BCUT2D eigenvalue weighted by Gasteiger charge is 2.36. The fourth-order valence-electron chi connectivity index (χ4n) is 6.13. The van der Waals surface area contributed by atoms with E-state index in [1.165, 1.54) is 96.3 Å². The van der Waals surface area contributed by atoms with Crippen LogP contribution in [0.1, 0.15) is 181 Å². The molecule has 54 heavy (non-hydrogen) atoms. The van der Waals surface area contributed by atoms with Gasteiger partial charge in [-0.3, -0.25) is 18.6 Å². The molecule has 1 fully saturated rings. The SMILES string of the molecule is CCCCCCCCCCCCCCCCCC(=O)O[C@H](COC(=O)CCC/C=C\C/C=C\C/C=C\CC1OC1CCCCC)COP(=O)(O)OCCN. The first-order valence-electron chi connectivity index (χ1n) is 21.6. The van der Waals surface area contributed by atoms with Crippen molar-refractivity contribution in [3.05, 3.63) is 36.5 Å². The molecule has 0 spiro atoms. The van der Waals surface area contributed by atoms with Gasteiger partial charge in [-0.15, -0.1) is 0 Å². The number of unbranched alkanes of at least 4 members (excludes halogenated alkanes) is 17. The molecule has 1 aliphatic rings. The molecule has 3 unspecified atom stereocenters. The van der Waals surface area contributed by atoms with E-state index in [-0.39, 0.29) is 32.6 Å². The van der Waals surface area contributed by atoms with Crippen LogP contribution in [0.25, 0.3) is 0 Å². The highest BCUT2D eigenvalue weighted by Crippen LogP contribution is 2.43. The summed E-state index contributed by atoms with van der Waals surface area (Å²) in [5, 5.41) is 0. The maximum absolute atomic E-state index is 12.6. The first kappa shape index (κ1) is 50.2. The number of hydrogen-bond acceptors (Lipinski definition) is 9. The summed E-state index contributed by atoms with van der Waals surface area (Å²) in [4.78, 5) is 34.8. The Morgan fingerprint density at radius 2 is 1.20 bits per heavy atom. The monoisotopic (exact) mass is 784 g/mol. The van der Waals surface area contributed by atoms with E-state index in [1.807, 2.05) is 6.08 Å². The smallest absolute Gasteiger partial charge is 0.462 e. The number of phosphoric ester groups is 1.